The average Bonchev–Trinajstić information content (AvgIpc) is 3.23. The zero-order valence-electron chi connectivity index (χ0n) is 13.5. The van der Waals surface area contributed by atoms with E-state index in [-0.39, 0.29) is 11.2 Å². The summed E-state index contributed by atoms with van der Waals surface area (Å²) < 4.78 is 5.35. The first-order valence-corrected chi connectivity index (χ1v) is 9.52. The molecular weight excluding hydrogens is 340 g/mol. The van der Waals surface area contributed by atoms with Crippen LogP contribution in [0.4, 0.5) is 5.69 Å². The summed E-state index contributed by atoms with van der Waals surface area (Å²) in [7, 11) is 0. The van der Waals surface area contributed by atoms with E-state index >= 15 is 0 Å². The molecular formula is C18H18N2O2S2. The van der Waals surface area contributed by atoms with E-state index in [0.717, 1.165) is 27.7 Å². The van der Waals surface area contributed by atoms with E-state index in [2.05, 4.69) is 10.3 Å². The van der Waals surface area contributed by atoms with Crippen LogP contribution in [0, 0.1) is 6.92 Å². The Balaban J connectivity index is 1.53. The van der Waals surface area contributed by atoms with Crippen LogP contribution < -0.4 is 5.32 Å². The molecule has 2 heterocycles. The molecule has 0 saturated heterocycles. The predicted octanol–water partition coefficient (Wildman–Crippen LogP) is 4.97. The topological polar surface area (TPSA) is 55.1 Å². The van der Waals surface area contributed by atoms with Gasteiger partial charge in [0.05, 0.1) is 17.2 Å². The molecule has 1 amide bonds. The number of thiazole rings is 1. The zero-order valence-corrected chi connectivity index (χ0v) is 15.1. The third kappa shape index (κ3) is 4.27. The van der Waals surface area contributed by atoms with Crippen LogP contribution in [0.1, 0.15) is 18.2 Å². The van der Waals surface area contributed by atoms with Gasteiger partial charge >= 0.3 is 0 Å². The summed E-state index contributed by atoms with van der Waals surface area (Å²) in [5.41, 5.74) is 2.92. The van der Waals surface area contributed by atoms with Crippen LogP contribution in [0.3, 0.4) is 0 Å². The highest BCUT2D eigenvalue weighted by Gasteiger charge is 2.15. The van der Waals surface area contributed by atoms with Gasteiger partial charge in [0.2, 0.25) is 5.91 Å². The molecule has 4 nitrogen and oxygen atoms in total. The Bertz CT molecular complexity index is 812. The highest BCUT2D eigenvalue weighted by atomic mass is 32.2. The number of hydrogen-bond acceptors (Lipinski definition) is 5. The van der Waals surface area contributed by atoms with E-state index in [9.17, 15) is 4.79 Å². The molecule has 3 aromatic rings. The lowest BCUT2D eigenvalue weighted by molar-refractivity contribution is -0.115. The van der Waals surface area contributed by atoms with Gasteiger partial charge in [0, 0.05) is 16.8 Å². The van der Waals surface area contributed by atoms with Crippen molar-refractivity contribution in [3.05, 3.63) is 59.3 Å². The van der Waals surface area contributed by atoms with Crippen LogP contribution >= 0.6 is 23.1 Å². The molecule has 1 aromatic carbocycles. The van der Waals surface area contributed by atoms with E-state index in [1.807, 2.05) is 55.6 Å². The number of rotatable bonds is 6. The minimum atomic E-state index is -0.153. The highest BCUT2D eigenvalue weighted by molar-refractivity contribution is 7.99. The van der Waals surface area contributed by atoms with Gasteiger partial charge in [-0.05, 0) is 43.7 Å². The van der Waals surface area contributed by atoms with Crippen molar-refractivity contribution in [2.75, 3.05) is 5.32 Å². The lowest BCUT2D eigenvalue weighted by Crippen LogP contribution is -2.22. The van der Waals surface area contributed by atoms with Crippen molar-refractivity contribution in [1.29, 1.82) is 0 Å². The Morgan fingerprint density at radius 2 is 2.25 bits per heavy atom. The number of hydrogen-bond donors (Lipinski definition) is 1. The number of thioether (sulfide) groups is 1. The molecule has 1 N–H and O–H groups in total. The molecule has 1 unspecified atom stereocenters. The third-order valence-electron chi connectivity index (χ3n) is 3.42. The normalized spacial score (nSPS) is 12.1. The summed E-state index contributed by atoms with van der Waals surface area (Å²) in [6.45, 7) is 3.92. The van der Waals surface area contributed by atoms with E-state index in [0.29, 0.717) is 5.75 Å². The number of anilines is 1. The van der Waals surface area contributed by atoms with Gasteiger partial charge in [0.1, 0.15) is 0 Å². The molecule has 0 aliphatic heterocycles. The maximum absolute atomic E-state index is 12.3. The average molecular weight is 358 g/mol. The van der Waals surface area contributed by atoms with Crippen LogP contribution in [-0.4, -0.2) is 16.1 Å². The van der Waals surface area contributed by atoms with Gasteiger partial charge in [-0.3, -0.25) is 4.79 Å². The smallest absolute Gasteiger partial charge is 0.237 e. The van der Waals surface area contributed by atoms with Crippen molar-refractivity contribution in [2.24, 2.45) is 0 Å². The van der Waals surface area contributed by atoms with Crippen LogP contribution in [0.15, 0.2) is 52.5 Å². The first kappa shape index (κ1) is 16.8. The van der Waals surface area contributed by atoms with Crippen molar-refractivity contribution in [3.63, 3.8) is 0 Å². The molecule has 6 heteroatoms. The number of furan rings is 1. The fourth-order valence-electron chi connectivity index (χ4n) is 2.14. The Morgan fingerprint density at radius 1 is 1.38 bits per heavy atom. The van der Waals surface area contributed by atoms with Crippen molar-refractivity contribution >= 4 is 34.7 Å². The fraction of sp³-hybridized carbons (Fsp3) is 0.222. The summed E-state index contributed by atoms with van der Waals surface area (Å²) in [5, 5.41) is 5.68. The molecule has 1 atom stereocenters. The molecule has 0 bridgehead atoms. The first-order valence-electron chi connectivity index (χ1n) is 7.59. The van der Waals surface area contributed by atoms with Gasteiger partial charge in [-0.25, -0.2) is 4.98 Å². The predicted molar refractivity (Wildman–Crippen MR) is 100 cm³/mol. The van der Waals surface area contributed by atoms with E-state index in [1.54, 1.807) is 29.4 Å². The second-order valence-electron chi connectivity index (χ2n) is 5.43. The summed E-state index contributed by atoms with van der Waals surface area (Å²) in [4.78, 5) is 16.8. The van der Waals surface area contributed by atoms with Gasteiger partial charge in [-0.15, -0.1) is 23.1 Å². The van der Waals surface area contributed by atoms with E-state index in [4.69, 9.17) is 4.42 Å². The van der Waals surface area contributed by atoms with E-state index in [1.165, 1.54) is 0 Å². The van der Waals surface area contributed by atoms with Crippen molar-refractivity contribution in [2.45, 2.75) is 24.9 Å². The summed E-state index contributed by atoms with van der Waals surface area (Å²) in [6, 6.07) is 11.6. The third-order valence-corrected chi connectivity index (χ3v) is 5.50. The van der Waals surface area contributed by atoms with Crippen molar-refractivity contribution in [3.8, 4) is 10.8 Å². The lowest BCUT2D eigenvalue weighted by atomic mass is 10.2. The van der Waals surface area contributed by atoms with Crippen molar-refractivity contribution in [1.82, 2.24) is 4.98 Å². The molecule has 0 aliphatic carbocycles. The number of nitrogens with one attached hydrogen (secondary N) is 1. The maximum atomic E-state index is 12.3. The number of nitrogens with zero attached hydrogens (tertiary/aromatic N) is 1. The SMILES string of the molecule is Cc1cccc(NC(=O)C(C)SCc2csc(-c3ccco3)n2)c1. The summed E-state index contributed by atoms with van der Waals surface area (Å²) in [5.74, 6) is 1.48. The summed E-state index contributed by atoms with van der Waals surface area (Å²) >= 11 is 3.13. The molecule has 2 aromatic heterocycles. The van der Waals surface area contributed by atoms with Gasteiger partial charge in [-0.1, -0.05) is 12.1 Å². The highest BCUT2D eigenvalue weighted by Crippen LogP contribution is 2.27. The molecule has 3 rings (SSSR count). The van der Waals surface area contributed by atoms with Crippen LogP contribution in [-0.2, 0) is 10.5 Å². The number of amides is 1. The Kier molecular flexibility index (Phi) is 5.37. The van der Waals surface area contributed by atoms with Crippen LogP contribution in [0.2, 0.25) is 0 Å². The minimum absolute atomic E-state index is 0.00656. The zero-order chi connectivity index (χ0) is 16.9. The lowest BCUT2D eigenvalue weighted by Gasteiger charge is -2.11. The molecule has 0 saturated carbocycles. The Labute approximate surface area is 149 Å². The number of aromatic nitrogens is 1. The molecule has 0 aliphatic rings. The second-order valence-corrected chi connectivity index (χ2v) is 7.62. The maximum Gasteiger partial charge on any atom is 0.237 e. The molecule has 0 radical (unpaired) electrons. The molecule has 24 heavy (non-hydrogen) atoms. The van der Waals surface area contributed by atoms with Crippen molar-refractivity contribution < 1.29 is 9.21 Å². The number of carbonyl (C=O) groups excluding carboxylic acids is 1. The number of carbonyl (C=O) groups is 1. The molecule has 124 valence electrons. The quantitative estimate of drug-likeness (QED) is 0.676. The number of benzene rings is 1. The first-order chi connectivity index (χ1) is 11.6. The largest absolute Gasteiger partial charge is 0.462 e. The summed E-state index contributed by atoms with van der Waals surface area (Å²) in [6.07, 6.45) is 1.64. The Hall–Kier alpha value is -2.05. The minimum Gasteiger partial charge on any atom is -0.462 e. The van der Waals surface area contributed by atoms with Gasteiger partial charge in [-0.2, -0.15) is 0 Å². The molecule has 0 spiro atoms. The standard InChI is InChI=1S/C18H18N2O2S2/c1-12-5-3-6-14(9-12)19-17(21)13(2)23-10-15-11-24-18(20-15)16-7-4-8-22-16/h3-9,11,13H,10H2,1-2H3,(H,19,21). The van der Waals surface area contributed by atoms with Crippen LogP contribution in [0.25, 0.3) is 10.8 Å². The van der Waals surface area contributed by atoms with Crippen LogP contribution in [0.5, 0.6) is 0 Å². The Morgan fingerprint density at radius 3 is 3.00 bits per heavy atom. The van der Waals surface area contributed by atoms with Gasteiger partial charge in [0.15, 0.2) is 10.8 Å². The number of aryl methyl sites for hydroxylation is 1. The van der Waals surface area contributed by atoms with E-state index < -0.39 is 0 Å². The molecule has 0 fully saturated rings. The van der Waals surface area contributed by atoms with Gasteiger partial charge < -0.3 is 9.73 Å². The fourth-order valence-corrected chi connectivity index (χ4v) is 3.81. The van der Waals surface area contributed by atoms with Gasteiger partial charge in [0.25, 0.3) is 0 Å². The second kappa shape index (κ2) is 7.68. The monoisotopic (exact) mass is 358 g/mol.